The number of hydrogen-bond acceptors (Lipinski definition) is 3. The Balaban J connectivity index is 0. The summed E-state index contributed by atoms with van der Waals surface area (Å²) < 4.78 is 0. The van der Waals surface area contributed by atoms with Crippen LogP contribution in [0.1, 0.15) is 142 Å². The molecule has 0 saturated heterocycles. The average Bonchev–Trinajstić information content (AvgIpc) is 2.71. The summed E-state index contributed by atoms with van der Waals surface area (Å²) in [6.45, 7) is 4.37. The summed E-state index contributed by atoms with van der Waals surface area (Å²) in [6, 6.07) is 0. The number of carboxylic acid groups (broad SMARTS) is 1. The van der Waals surface area contributed by atoms with Gasteiger partial charge in [0.1, 0.15) is 0 Å². The van der Waals surface area contributed by atoms with E-state index in [1.165, 1.54) is 96.3 Å². The van der Waals surface area contributed by atoms with Gasteiger partial charge < -0.3 is 15.3 Å². The van der Waals surface area contributed by atoms with E-state index >= 15 is 0 Å². The van der Waals surface area contributed by atoms with E-state index in [9.17, 15) is 4.79 Å². The van der Waals surface area contributed by atoms with Gasteiger partial charge in [-0.05, 0) is 12.8 Å². The first-order valence-electron chi connectivity index (χ1n) is 12.6. The summed E-state index contributed by atoms with van der Waals surface area (Å²) in [5.41, 5.74) is 0. The van der Waals surface area contributed by atoms with Gasteiger partial charge in [-0.25, -0.2) is 0 Å². The van der Waals surface area contributed by atoms with Gasteiger partial charge in [-0.15, -0.1) is 0 Å². The minimum absolute atomic E-state index is 0.0856. The molecule has 4 heteroatoms. The Morgan fingerprint density at radius 3 is 1.31 bits per heavy atom. The molecule has 0 aliphatic rings. The lowest BCUT2D eigenvalue weighted by Gasteiger charge is -2.06. The highest BCUT2D eigenvalue weighted by Gasteiger charge is 2.00. The topological polar surface area (TPSA) is 77.8 Å². The van der Waals surface area contributed by atoms with Crippen LogP contribution >= 0.6 is 0 Å². The molecule has 0 amide bonds. The zero-order valence-electron chi connectivity index (χ0n) is 19.7. The molecule has 0 spiro atoms. The van der Waals surface area contributed by atoms with E-state index in [4.69, 9.17) is 15.3 Å². The highest BCUT2D eigenvalue weighted by atomic mass is 16.4. The number of aliphatic hydroxyl groups is 2. The first kappa shape index (κ1) is 30.6. The predicted molar refractivity (Wildman–Crippen MR) is 124 cm³/mol. The molecule has 0 rings (SSSR count). The summed E-state index contributed by atoms with van der Waals surface area (Å²) in [6.07, 6.45) is 23.5. The third-order valence-corrected chi connectivity index (χ3v) is 5.35. The first-order valence-corrected chi connectivity index (χ1v) is 12.6. The monoisotopic (exact) mass is 416 g/mol. The molecule has 1 atom stereocenters. The normalized spacial score (nSPS) is 11.7. The second-order valence-electron chi connectivity index (χ2n) is 8.43. The quantitative estimate of drug-likeness (QED) is 0.172. The summed E-state index contributed by atoms with van der Waals surface area (Å²) in [5, 5.41) is 26.2. The highest BCUT2D eigenvalue weighted by molar-refractivity contribution is 5.66. The number of carboxylic acids is 1. The van der Waals surface area contributed by atoms with Crippen molar-refractivity contribution in [2.75, 3.05) is 6.61 Å². The van der Waals surface area contributed by atoms with Crippen LogP contribution in [0, 0.1) is 0 Å². The molecular formula is C25H52O4. The molecule has 3 N–H and O–H groups in total. The van der Waals surface area contributed by atoms with Crippen LogP contribution in [-0.2, 0) is 4.79 Å². The van der Waals surface area contributed by atoms with Crippen molar-refractivity contribution in [1.29, 1.82) is 0 Å². The molecule has 0 saturated carbocycles. The van der Waals surface area contributed by atoms with E-state index in [0.717, 1.165) is 25.7 Å². The van der Waals surface area contributed by atoms with E-state index in [2.05, 4.69) is 13.8 Å². The van der Waals surface area contributed by atoms with Crippen molar-refractivity contribution in [3.8, 4) is 0 Å². The molecular weight excluding hydrogens is 364 g/mol. The van der Waals surface area contributed by atoms with Gasteiger partial charge in [-0.1, -0.05) is 123 Å². The molecule has 0 aliphatic carbocycles. The molecule has 176 valence electrons. The van der Waals surface area contributed by atoms with Gasteiger partial charge in [0.05, 0.1) is 12.7 Å². The van der Waals surface area contributed by atoms with Gasteiger partial charge in [0.2, 0.25) is 0 Å². The minimum atomic E-state index is -0.663. The van der Waals surface area contributed by atoms with E-state index in [1.807, 2.05) is 0 Å². The van der Waals surface area contributed by atoms with Gasteiger partial charge in [0.15, 0.2) is 0 Å². The van der Waals surface area contributed by atoms with Gasteiger partial charge in [-0.3, -0.25) is 4.79 Å². The Kier molecular flexibility index (Phi) is 28.9. The Morgan fingerprint density at radius 1 is 0.621 bits per heavy atom. The number of aliphatic carboxylic acids is 1. The van der Waals surface area contributed by atoms with Gasteiger partial charge >= 0.3 is 5.97 Å². The summed E-state index contributed by atoms with van der Waals surface area (Å²) in [7, 11) is 0. The van der Waals surface area contributed by atoms with Crippen LogP contribution in [0.4, 0.5) is 0 Å². The maximum absolute atomic E-state index is 10.1. The van der Waals surface area contributed by atoms with Crippen LogP contribution in [0.15, 0.2) is 0 Å². The molecule has 29 heavy (non-hydrogen) atoms. The fraction of sp³-hybridized carbons (Fsp3) is 0.960. The number of carbonyl (C=O) groups is 1. The second kappa shape index (κ2) is 27.4. The van der Waals surface area contributed by atoms with Crippen LogP contribution in [-0.4, -0.2) is 34.0 Å². The average molecular weight is 417 g/mol. The lowest BCUT2D eigenvalue weighted by atomic mass is 10.0. The van der Waals surface area contributed by atoms with Gasteiger partial charge in [0.25, 0.3) is 0 Å². The molecule has 4 nitrogen and oxygen atoms in total. The SMILES string of the molecule is CCCCCCCCCC(=O)O.CCCCCCCCCCCCCC(O)CO. The Labute approximate surface area is 181 Å². The van der Waals surface area contributed by atoms with E-state index in [1.54, 1.807) is 0 Å². The predicted octanol–water partition coefficient (Wildman–Crippen LogP) is 7.25. The lowest BCUT2D eigenvalue weighted by molar-refractivity contribution is -0.137. The van der Waals surface area contributed by atoms with Crippen molar-refractivity contribution in [2.45, 2.75) is 148 Å². The Hall–Kier alpha value is -0.610. The van der Waals surface area contributed by atoms with Crippen LogP contribution in [0.3, 0.4) is 0 Å². The first-order chi connectivity index (χ1) is 14.1. The van der Waals surface area contributed by atoms with Crippen molar-refractivity contribution in [2.24, 2.45) is 0 Å². The van der Waals surface area contributed by atoms with Crippen molar-refractivity contribution < 1.29 is 20.1 Å². The van der Waals surface area contributed by atoms with Gasteiger partial charge in [-0.2, -0.15) is 0 Å². The maximum Gasteiger partial charge on any atom is 0.303 e. The van der Waals surface area contributed by atoms with Crippen molar-refractivity contribution in [3.05, 3.63) is 0 Å². The van der Waals surface area contributed by atoms with Crippen molar-refractivity contribution in [3.63, 3.8) is 0 Å². The molecule has 0 aliphatic heterocycles. The van der Waals surface area contributed by atoms with E-state index in [0.29, 0.717) is 6.42 Å². The highest BCUT2D eigenvalue weighted by Crippen LogP contribution is 2.12. The fourth-order valence-corrected chi connectivity index (χ4v) is 3.37. The zero-order valence-corrected chi connectivity index (χ0v) is 19.7. The standard InChI is InChI=1S/C15H32O2.C10H20O2/c1-2-3-4-5-6-7-8-9-10-11-12-13-15(17)14-16;1-2-3-4-5-6-7-8-9-10(11)12/h15-17H,2-14H2,1H3;2-9H2,1H3,(H,11,12). The lowest BCUT2D eigenvalue weighted by Crippen LogP contribution is -2.10. The van der Waals surface area contributed by atoms with Crippen molar-refractivity contribution >= 4 is 5.97 Å². The molecule has 0 aromatic rings. The zero-order chi connectivity index (χ0) is 22.0. The largest absolute Gasteiger partial charge is 0.481 e. The molecule has 1 unspecified atom stereocenters. The number of unbranched alkanes of at least 4 members (excludes halogenated alkanes) is 16. The smallest absolute Gasteiger partial charge is 0.303 e. The molecule has 0 heterocycles. The van der Waals surface area contributed by atoms with E-state index < -0.39 is 12.1 Å². The molecule has 0 fully saturated rings. The third kappa shape index (κ3) is 32.3. The number of aliphatic hydroxyl groups excluding tert-OH is 2. The van der Waals surface area contributed by atoms with E-state index in [-0.39, 0.29) is 6.61 Å². The summed E-state index contributed by atoms with van der Waals surface area (Å²) in [5.74, 6) is -0.663. The molecule has 0 aromatic carbocycles. The summed E-state index contributed by atoms with van der Waals surface area (Å²) in [4.78, 5) is 10.1. The molecule has 0 bridgehead atoms. The van der Waals surface area contributed by atoms with Gasteiger partial charge in [0, 0.05) is 6.42 Å². The second-order valence-corrected chi connectivity index (χ2v) is 8.43. The van der Waals surface area contributed by atoms with Crippen LogP contribution in [0.2, 0.25) is 0 Å². The van der Waals surface area contributed by atoms with Crippen LogP contribution in [0.5, 0.6) is 0 Å². The number of hydrogen-bond donors (Lipinski definition) is 3. The maximum atomic E-state index is 10.1. The fourth-order valence-electron chi connectivity index (χ4n) is 3.37. The summed E-state index contributed by atoms with van der Waals surface area (Å²) >= 11 is 0. The van der Waals surface area contributed by atoms with Crippen LogP contribution in [0.25, 0.3) is 0 Å². The van der Waals surface area contributed by atoms with Crippen LogP contribution < -0.4 is 0 Å². The molecule has 0 aromatic heterocycles. The molecule has 0 radical (unpaired) electrons. The Bertz CT molecular complexity index is 307. The van der Waals surface area contributed by atoms with Crippen molar-refractivity contribution in [1.82, 2.24) is 0 Å². The minimum Gasteiger partial charge on any atom is -0.481 e. The Morgan fingerprint density at radius 2 is 0.966 bits per heavy atom. The third-order valence-electron chi connectivity index (χ3n) is 5.35. The number of rotatable bonds is 21.